The van der Waals surface area contributed by atoms with Crippen molar-refractivity contribution >= 4 is 5.91 Å². The Morgan fingerprint density at radius 1 is 1.38 bits per heavy atom. The number of rotatable bonds is 3. The Kier molecular flexibility index (Phi) is 5.79. The summed E-state index contributed by atoms with van der Waals surface area (Å²) in [5.74, 6) is 4.71. The molecule has 0 fully saturated rings. The maximum absolute atomic E-state index is 12.6. The third-order valence-electron chi connectivity index (χ3n) is 2.68. The molecule has 21 heavy (non-hydrogen) atoms. The van der Waals surface area contributed by atoms with Crippen LogP contribution in [0.25, 0.3) is 0 Å². The quantitative estimate of drug-likeness (QED) is 0.871. The molecule has 0 saturated heterocycles. The van der Waals surface area contributed by atoms with E-state index in [1.165, 1.54) is 12.1 Å². The summed E-state index contributed by atoms with van der Waals surface area (Å²) >= 11 is 0. The first-order valence-corrected chi connectivity index (χ1v) is 6.41. The molecule has 0 aliphatic carbocycles. The Bertz CT molecular complexity index is 556. The summed E-state index contributed by atoms with van der Waals surface area (Å²) in [7, 11) is 0. The van der Waals surface area contributed by atoms with Gasteiger partial charge in [0.05, 0.1) is 6.54 Å². The minimum absolute atomic E-state index is 0.171. The van der Waals surface area contributed by atoms with Crippen molar-refractivity contribution in [3.8, 4) is 11.8 Å². The highest BCUT2D eigenvalue weighted by Gasteiger charge is 2.34. The number of carbonyl (C=O) groups is 1. The molecule has 0 aromatic heterocycles. The third-order valence-corrected chi connectivity index (χ3v) is 2.68. The monoisotopic (exact) mass is 298 g/mol. The summed E-state index contributed by atoms with van der Waals surface area (Å²) in [6, 6.07) is 5.64. The van der Waals surface area contributed by atoms with Gasteiger partial charge in [-0.1, -0.05) is 17.9 Å². The lowest BCUT2D eigenvalue weighted by Crippen LogP contribution is -2.43. The molecule has 1 aromatic rings. The van der Waals surface area contributed by atoms with Gasteiger partial charge >= 0.3 is 6.18 Å². The molecule has 0 unspecified atom stereocenters. The number of amides is 1. The lowest BCUT2D eigenvalue weighted by atomic mass is 10.1. The molecule has 0 spiro atoms. The van der Waals surface area contributed by atoms with E-state index in [-0.39, 0.29) is 12.1 Å². The van der Waals surface area contributed by atoms with Crippen molar-refractivity contribution in [1.29, 1.82) is 0 Å². The molecule has 0 aliphatic heterocycles. The van der Waals surface area contributed by atoms with Crippen LogP contribution in [0.15, 0.2) is 24.3 Å². The van der Waals surface area contributed by atoms with Crippen molar-refractivity contribution in [1.82, 2.24) is 4.90 Å². The predicted molar refractivity (Wildman–Crippen MR) is 74.6 cm³/mol. The molecule has 0 heterocycles. The van der Waals surface area contributed by atoms with Gasteiger partial charge in [-0.15, -0.1) is 0 Å². The summed E-state index contributed by atoms with van der Waals surface area (Å²) < 4.78 is 37.7. The summed E-state index contributed by atoms with van der Waals surface area (Å²) in [6.07, 6.45) is -4.43. The Morgan fingerprint density at radius 3 is 2.57 bits per heavy atom. The van der Waals surface area contributed by atoms with Crippen LogP contribution in [0.4, 0.5) is 13.2 Å². The number of halogens is 3. The van der Waals surface area contributed by atoms with Gasteiger partial charge in [-0.3, -0.25) is 4.79 Å². The number of carbonyl (C=O) groups excluding carboxylic acids is 1. The highest BCUT2D eigenvalue weighted by atomic mass is 19.4. The Labute approximate surface area is 121 Å². The first kappa shape index (κ1) is 17.1. The standard InChI is InChI=1S/C15H17F3N2O/c1-11(2)20(10-15(16,17)18)14(21)13-7-3-5-12(9-13)6-4-8-19/h3,5,7,9,11H,8,10,19H2,1-2H3. The summed E-state index contributed by atoms with van der Waals surface area (Å²) in [5.41, 5.74) is 5.98. The van der Waals surface area contributed by atoms with E-state index in [0.717, 1.165) is 4.90 Å². The second-order valence-electron chi connectivity index (χ2n) is 4.73. The van der Waals surface area contributed by atoms with E-state index >= 15 is 0 Å². The normalized spacial score (nSPS) is 11.0. The number of nitrogens with two attached hydrogens (primary N) is 1. The summed E-state index contributed by atoms with van der Waals surface area (Å²) in [6.45, 7) is 1.98. The number of alkyl halides is 3. The van der Waals surface area contributed by atoms with Crippen molar-refractivity contribution in [2.75, 3.05) is 13.1 Å². The van der Waals surface area contributed by atoms with E-state index in [1.807, 2.05) is 0 Å². The van der Waals surface area contributed by atoms with E-state index < -0.39 is 24.7 Å². The molecule has 1 rings (SSSR count). The van der Waals surface area contributed by atoms with Gasteiger partial charge < -0.3 is 10.6 Å². The molecule has 6 heteroatoms. The first-order chi connectivity index (χ1) is 9.74. The van der Waals surface area contributed by atoms with Crippen LogP contribution < -0.4 is 5.73 Å². The van der Waals surface area contributed by atoms with E-state index in [9.17, 15) is 18.0 Å². The van der Waals surface area contributed by atoms with Crippen LogP contribution >= 0.6 is 0 Å². The number of hydrogen-bond donors (Lipinski definition) is 1. The number of hydrogen-bond acceptors (Lipinski definition) is 2. The van der Waals surface area contributed by atoms with Gasteiger partial charge in [-0.25, -0.2) is 0 Å². The maximum Gasteiger partial charge on any atom is 0.406 e. The van der Waals surface area contributed by atoms with Gasteiger partial charge in [0.15, 0.2) is 0 Å². The second-order valence-corrected chi connectivity index (χ2v) is 4.73. The molecule has 2 N–H and O–H groups in total. The topological polar surface area (TPSA) is 46.3 Å². The fraction of sp³-hybridized carbons (Fsp3) is 0.400. The van der Waals surface area contributed by atoms with E-state index in [1.54, 1.807) is 26.0 Å². The molecule has 0 saturated carbocycles. The molecule has 3 nitrogen and oxygen atoms in total. The largest absolute Gasteiger partial charge is 0.406 e. The van der Waals surface area contributed by atoms with Crippen molar-refractivity contribution in [3.63, 3.8) is 0 Å². The Morgan fingerprint density at radius 2 is 2.05 bits per heavy atom. The van der Waals surface area contributed by atoms with E-state index in [2.05, 4.69) is 11.8 Å². The zero-order valence-electron chi connectivity index (χ0n) is 11.9. The molecule has 0 bridgehead atoms. The molecule has 0 radical (unpaired) electrons. The summed E-state index contributed by atoms with van der Waals surface area (Å²) in [5, 5.41) is 0. The minimum Gasteiger partial charge on any atom is -0.327 e. The Hall–Kier alpha value is -2.00. The average molecular weight is 298 g/mol. The first-order valence-electron chi connectivity index (χ1n) is 6.41. The third kappa shape index (κ3) is 5.48. The van der Waals surface area contributed by atoms with E-state index in [0.29, 0.717) is 5.56 Å². The van der Waals surface area contributed by atoms with Crippen molar-refractivity contribution in [2.45, 2.75) is 26.1 Å². The van der Waals surface area contributed by atoms with E-state index in [4.69, 9.17) is 5.73 Å². The second kappa shape index (κ2) is 7.14. The van der Waals surface area contributed by atoms with Gasteiger partial charge in [-0.2, -0.15) is 13.2 Å². The maximum atomic E-state index is 12.6. The van der Waals surface area contributed by atoms with Crippen LogP contribution in [0.2, 0.25) is 0 Å². The average Bonchev–Trinajstić information content (AvgIpc) is 2.41. The zero-order chi connectivity index (χ0) is 16.0. The highest BCUT2D eigenvalue weighted by Crippen LogP contribution is 2.20. The van der Waals surface area contributed by atoms with Crippen LogP contribution in [-0.4, -0.2) is 36.1 Å². The number of nitrogens with zero attached hydrogens (tertiary/aromatic N) is 1. The van der Waals surface area contributed by atoms with Crippen LogP contribution in [0.1, 0.15) is 29.8 Å². The van der Waals surface area contributed by atoms with Crippen LogP contribution in [0.5, 0.6) is 0 Å². The van der Waals surface area contributed by atoms with Crippen LogP contribution in [-0.2, 0) is 0 Å². The van der Waals surface area contributed by atoms with Crippen LogP contribution in [0.3, 0.4) is 0 Å². The molecule has 1 amide bonds. The fourth-order valence-corrected chi connectivity index (χ4v) is 1.73. The molecular weight excluding hydrogens is 281 g/mol. The van der Waals surface area contributed by atoms with Crippen molar-refractivity contribution in [3.05, 3.63) is 35.4 Å². The molecular formula is C15H17F3N2O. The Balaban J connectivity index is 3.04. The smallest absolute Gasteiger partial charge is 0.327 e. The van der Waals surface area contributed by atoms with Gasteiger partial charge in [0, 0.05) is 17.2 Å². The van der Waals surface area contributed by atoms with Gasteiger partial charge in [0.1, 0.15) is 6.54 Å². The highest BCUT2D eigenvalue weighted by molar-refractivity contribution is 5.94. The van der Waals surface area contributed by atoms with Crippen molar-refractivity contribution in [2.24, 2.45) is 5.73 Å². The fourth-order valence-electron chi connectivity index (χ4n) is 1.73. The molecule has 1 aromatic carbocycles. The molecule has 0 aliphatic rings. The van der Waals surface area contributed by atoms with Gasteiger partial charge in [0.25, 0.3) is 5.91 Å². The van der Waals surface area contributed by atoms with Gasteiger partial charge in [0.2, 0.25) is 0 Å². The SMILES string of the molecule is CC(C)N(CC(F)(F)F)C(=O)c1cccc(C#CCN)c1. The van der Waals surface area contributed by atoms with Gasteiger partial charge in [-0.05, 0) is 32.0 Å². The molecule has 0 atom stereocenters. The minimum atomic E-state index is -4.43. The number of benzene rings is 1. The lowest BCUT2D eigenvalue weighted by Gasteiger charge is -2.27. The predicted octanol–water partition coefficient (Wildman–Crippen LogP) is 2.41. The van der Waals surface area contributed by atoms with Crippen LogP contribution in [0, 0.1) is 11.8 Å². The lowest BCUT2D eigenvalue weighted by molar-refractivity contribution is -0.143. The summed E-state index contributed by atoms with van der Waals surface area (Å²) in [4.78, 5) is 13.0. The zero-order valence-corrected chi connectivity index (χ0v) is 11.9. The van der Waals surface area contributed by atoms with Crippen molar-refractivity contribution < 1.29 is 18.0 Å². The molecule has 114 valence electrons.